The Hall–Kier alpha value is -4.04. The third-order valence-corrected chi connectivity index (χ3v) is 7.41. The average molecular weight is 556 g/mol. The molecule has 0 radical (unpaired) electrons. The molecule has 0 aromatic heterocycles. The second kappa shape index (κ2) is 12.6. The normalized spacial score (nSPS) is 19.9. The largest absolute Gasteiger partial charge is 0.465 e. The van der Waals surface area contributed by atoms with Crippen molar-refractivity contribution in [1.29, 1.82) is 0 Å². The number of ether oxygens (including phenoxy) is 3. The van der Waals surface area contributed by atoms with Crippen LogP contribution in [0.25, 0.3) is 11.1 Å². The summed E-state index contributed by atoms with van der Waals surface area (Å²) in [6.07, 6.45) is -1.66. The summed E-state index contributed by atoms with van der Waals surface area (Å²) in [5.41, 5.74) is 2.95. The van der Waals surface area contributed by atoms with Crippen LogP contribution in [0.2, 0.25) is 0 Å². The Bertz CT molecular complexity index is 1420. The molecule has 0 saturated carbocycles. The van der Waals surface area contributed by atoms with Gasteiger partial charge in [-0.3, -0.25) is 4.79 Å². The van der Waals surface area contributed by atoms with E-state index < -0.39 is 24.1 Å². The van der Waals surface area contributed by atoms with Gasteiger partial charge in [0.05, 0.1) is 6.10 Å². The first-order valence-electron chi connectivity index (χ1n) is 13.7. The second-order valence-corrected chi connectivity index (χ2v) is 10.2. The van der Waals surface area contributed by atoms with E-state index in [2.05, 4.69) is 5.32 Å². The summed E-state index contributed by atoms with van der Waals surface area (Å²) in [5, 5.41) is 14.2. The molecule has 212 valence electrons. The zero-order chi connectivity index (χ0) is 28.8. The van der Waals surface area contributed by atoms with Gasteiger partial charge in [-0.25, -0.2) is 4.39 Å². The molecule has 0 unspecified atom stereocenters. The van der Waals surface area contributed by atoms with Gasteiger partial charge in [0.1, 0.15) is 17.7 Å². The van der Waals surface area contributed by atoms with E-state index in [1.165, 1.54) is 19.1 Å². The quantitative estimate of drug-likeness (QED) is 0.281. The number of hydrogen-bond acceptors (Lipinski definition) is 5. The van der Waals surface area contributed by atoms with Crippen LogP contribution >= 0.6 is 0 Å². The Morgan fingerprint density at radius 2 is 1.66 bits per heavy atom. The van der Waals surface area contributed by atoms with Crippen molar-refractivity contribution >= 4 is 5.91 Å². The maximum Gasteiger partial charge on any atom is 0.216 e. The minimum atomic E-state index is -1.14. The molecular formula is C34H34FNO5. The van der Waals surface area contributed by atoms with Gasteiger partial charge >= 0.3 is 0 Å². The fourth-order valence-corrected chi connectivity index (χ4v) is 5.61. The lowest BCUT2D eigenvalue weighted by molar-refractivity contribution is -0.268. The number of methoxy groups -OCH3 is 1. The van der Waals surface area contributed by atoms with Crippen LogP contribution in [-0.4, -0.2) is 43.2 Å². The van der Waals surface area contributed by atoms with Crippen molar-refractivity contribution in [3.05, 3.63) is 126 Å². The highest BCUT2D eigenvalue weighted by molar-refractivity contribution is 5.73. The van der Waals surface area contributed by atoms with Crippen molar-refractivity contribution < 1.29 is 28.5 Å². The summed E-state index contributed by atoms with van der Waals surface area (Å²) < 4.78 is 33.3. The Balaban J connectivity index is 1.51. The number of amides is 1. The molecule has 1 aliphatic heterocycles. The summed E-state index contributed by atoms with van der Waals surface area (Å²) in [5.74, 6) is 0.0528. The average Bonchev–Trinajstić information content (AvgIpc) is 2.98. The van der Waals surface area contributed by atoms with Crippen molar-refractivity contribution in [3.8, 4) is 16.9 Å². The number of halogens is 1. The van der Waals surface area contributed by atoms with E-state index in [0.29, 0.717) is 24.3 Å². The monoisotopic (exact) mass is 555 g/mol. The number of aliphatic hydroxyl groups is 1. The molecule has 6 nitrogen and oxygen atoms in total. The molecule has 1 heterocycles. The van der Waals surface area contributed by atoms with Crippen molar-refractivity contribution in [2.24, 2.45) is 0 Å². The first kappa shape index (κ1) is 28.5. The predicted octanol–water partition coefficient (Wildman–Crippen LogP) is 5.62. The van der Waals surface area contributed by atoms with Gasteiger partial charge in [-0.1, -0.05) is 78.9 Å². The van der Waals surface area contributed by atoms with Gasteiger partial charge in [0, 0.05) is 27.0 Å². The third-order valence-electron chi connectivity index (χ3n) is 7.41. The van der Waals surface area contributed by atoms with Gasteiger partial charge in [-0.15, -0.1) is 0 Å². The van der Waals surface area contributed by atoms with E-state index >= 15 is 0 Å². The Morgan fingerprint density at radius 3 is 2.27 bits per heavy atom. The Kier molecular flexibility index (Phi) is 8.78. The minimum absolute atomic E-state index is 0.111. The van der Waals surface area contributed by atoms with Crippen LogP contribution in [0.1, 0.15) is 30.0 Å². The summed E-state index contributed by atoms with van der Waals surface area (Å²) in [4.78, 5) is 11.4. The molecule has 2 N–H and O–H groups in total. The van der Waals surface area contributed by atoms with E-state index in [0.717, 1.165) is 22.3 Å². The summed E-state index contributed by atoms with van der Waals surface area (Å²) in [6, 6.07) is 31.4. The predicted molar refractivity (Wildman–Crippen MR) is 155 cm³/mol. The molecule has 0 spiro atoms. The SMILES string of the molecule is CO[C@@H]1[C@@H](O)C[C@@H](Oc2ccc(CCNC(C)=O)c(-c3cccc(F)c3)c2)OC1(c1ccccc1)c1ccccc1. The maximum absolute atomic E-state index is 14.2. The van der Waals surface area contributed by atoms with Gasteiger partial charge in [0.2, 0.25) is 12.2 Å². The van der Waals surface area contributed by atoms with Gasteiger partial charge < -0.3 is 24.6 Å². The molecule has 0 aliphatic carbocycles. The van der Waals surface area contributed by atoms with Crippen molar-refractivity contribution in [1.82, 2.24) is 5.32 Å². The van der Waals surface area contributed by atoms with Crippen LogP contribution in [0.15, 0.2) is 103 Å². The van der Waals surface area contributed by atoms with Crippen LogP contribution in [0, 0.1) is 5.82 Å². The first-order chi connectivity index (χ1) is 19.9. The van der Waals surface area contributed by atoms with E-state index in [4.69, 9.17) is 14.2 Å². The van der Waals surface area contributed by atoms with Gasteiger partial charge in [0.25, 0.3) is 0 Å². The van der Waals surface area contributed by atoms with Crippen LogP contribution in [0.5, 0.6) is 5.75 Å². The van der Waals surface area contributed by atoms with E-state index in [1.807, 2.05) is 84.9 Å². The van der Waals surface area contributed by atoms with E-state index in [9.17, 15) is 14.3 Å². The van der Waals surface area contributed by atoms with Gasteiger partial charge in [0.15, 0.2) is 5.60 Å². The third kappa shape index (κ3) is 6.17. The molecule has 4 aromatic carbocycles. The molecule has 1 aliphatic rings. The molecule has 5 rings (SSSR count). The summed E-state index contributed by atoms with van der Waals surface area (Å²) in [7, 11) is 1.57. The molecule has 3 atom stereocenters. The Morgan fingerprint density at radius 1 is 0.976 bits per heavy atom. The van der Waals surface area contributed by atoms with Crippen molar-refractivity contribution in [2.45, 2.75) is 43.9 Å². The molecule has 7 heteroatoms. The zero-order valence-corrected chi connectivity index (χ0v) is 23.1. The summed E-state index contributed by atoms with van der Waals surface area (Å²) >= 11 is 0. The molecule has 1 saturated heterocycles. The number of rotatable bonds is 9. The lowest BCUT2D eigenvalue weighted by Gasteiger charge is -2.48. The smallest absolute Gasteiger partial charge is 0.216 e. The minimum Gasteiger partial charge on any atom is -0.465 e. The fraction of sp³-hybridized carbons (Fsp3) is 0.265. The van der Waals surface area contributed by atoms with E-state index in [-0.39, 0.29) is 18.1 Å². The van der Waals surface area contributed by atoms with Crippen molar-refractivity contribution in [2.75, 3.05) is 13.7 Å². The highest BCUT2D eigenvalue weighted by Gasteiger charge is 2.53. The van der Waals surface area contributed by atoms with Crippen LogP contribution in [-0.2, 0) is 26.3 Å². The lowest BCUT2D eigenvalue weighted by Crippen LogP contribution is -2.58. The number of hydrogen-bond donors (Lipinski definition) is 2. The number of carbonyl (C=O) groups excluding carboxylic acids is 1. The molecule has 4 aromatic rings. The first-order valence-corrected chi connectivity index (χ1v) is 13.7. The molecule has 0 bridgehead atoms. The molecule has 41 heavy (non-hydrogen) atoms. The molecule has 1 amide bonds. The standard InChI is InChI=1S/C34H34FNO5/c1-23(37)36-19-18-24-16-17-29(21-30(24)25-10-9-15-28(35)20-25)40-32-22-31(38)33(39-2)34(41-32,26-11-5-3-6-12-26)27-13-7-4-8-14-27/h3-17,20-21,31-33,38H,18-19,22H2,1-2H3,(H,36,37)/t31-,32-,33+/m0/s1. The van der Waals surface area contributed by atoms with Crippen LogP contribution in [0.3, 0.4) is 0 Å². The molecule has 1 fully saturated rings. The fourth-order valence-electron chi connectivity index (χ4n) is 5.61. The number of nitrogens with one attached hydrogen (secondary N) is 1. The lowest BCUT2D eigenvalue weighted by atomic mass is 9.77. The number of aliphatic hydroxyl groups excluding tert-OH is 1. The van der Waals surface area contributed by atoms with Crippen LogP contribution in [0.4, 0.5) is 4.39 Å². The second-order valence-electron chi connectivity index (χ2n) is 10.2. The number of benzene rings is 4. The van der Waals surface area contributed by atoms with Crippen molar-refractivity contribution in [3.63, 3.8) is 0 Å². The highest BCUT2D eigenvalue weighted by atomic mass is 19.1. The van der Waals surface area contributed by atoms with Crippen LogP contribution < -0.4 is 10.1 Å². The van der Waals surface area contributed by atoms with E-state index in [1.54, 1.807) is 13.2 Å². The molecular weight excluding hydrogens is 521 g/mol. The van der Waals surface area contributed by atoms with Gasteiger partial charge in [-0.2, -0.15) is 0 Å². The number of carbonyl (C=O) groups is 1. The zero-order valence-electron chi connectivity index (χ0n) is 23.1. The maximum atomic E-state index is 14.2. The Labute approximate surface area is 239 Å². The highest BCUT2D eigenvalue weighted by Crippen LogP contribution is 2.45. The topological polar surface area (TPSA) is 77.0 Å². The van der Waals surface area contributed by atoms with Gasteiger partial charge in [-0.05, 0) is 58.5 Å². The summed E-state index contributed by atoms with van der Waals surface area (Å²) in [6.45, 7) is 1.92.